The van der Waals surface area contributed by atoms with Crippen LogP contribution in [0.3, 0.4) is 0 Å². The van der Waals surface area contributed by atoms with Gasteiger partial charge >= 0.3 is 0 Å². The van der Waals surface area contributed by atoms with E-state index in [0.717, 1.165) is 89.3 Å². The molecule has 59 heavy (non-hydrogen) atoms. The molecule has 2 saturated heterocycles. The fourth-order valence-electron chi connectivity index (χ4n) is 9.53. The first-order valence-corrected chi connectivity index (χ1v) is 22.5. The summed E-state index contributed by atoms with van der Waals surface area (Å²) >= 11 is 1.61. The highest BCUT2D eigenvalue weighted by atomic mass is 32.2. The lowest BCUT2D eigenvalue weighted by Gasteiger charge is -2.49. The van der Waals surface area contributed by atoms with Crippen LogP contribution < -0.4 is 9.80 Å². The van der Waals surface area contributed by atoms with Gasteiger partial charge in [0, 0.05) is 56.4 Å². The molecule has 14 nitrogen and oxygen atoms in total. The zero-order valence-electron chi connectivity index (χ0n) is 32.4. The van der Waals surface area contributed by atoms with Crippen LogP contribution in [0.25, 0.3) is 32.2 Å². The van der Waals surface area contributed by atoms with Crippen molar-refractivity contribution in [1.82, 2.24) is 39.1 Å². The molecule has 0 unspecified atom stereocenters. The number of aromatic nitrogens is 6. The second-order valence-electron chi connectivity index (χ2n) is 16.1. The molecule has 16 heteroatoms. The molecule has 0 radical (unpaired) electrons. The molecule has 11 rings (SSSR count). The number of H-pyrrole nitrogens is 2. The molecule has 4 fully saturated rings. The highest BCUT2D eigenvalue weighted by molar-refractivity contribution is 7.88. The number of thiophene rings is 1. The second kappa shape index (κ2) is 14.7. The molecule has 4 aliphatic rings. The number of carbonyl (C=O) groups excluding carboxylic acids is 1. The summed E-state index contributed by atoms with van der Waals surface area (Å²) < 4.78 is 29.3. The van der Waals surface area contributed by atoms with E-state index in [-0.39, 0.29) is 22.7 Å². The minimum Gasteiger partial charge on any atom is -0.353 e. The van der Waals surface area contributed by atoms with E-state index in [1.165, 1.54) is 17.5 Å². The van der Waals surface area contributed by atoms with Gasteiger partial charge in [-0.1, -0.05) is 43.2 Å². The summed E-state index contributed by atoms with van der Waals surface area (Å²) in [4.78, 5) is 45.1. The Labute approximate surface area is 345 Å². The van der Waals surface area contributed by atoms with Gasteiger partial charge in [0.1, 0.15) is 35.6 Å². The molecule has 2 N–H and O–H groups in total. The number of hydrogen-bond donors (Lipinski definition) is 2. The molecule has 2 saturated carbocycles. The number of hydrogen-bond acceptors (Lipinski definition) is 11. The SMILES string of the molecule is N#Cc1cccc(CS(=O)(=O)N2CCN(c3ncnc4[nH]ccc34)CC23CC3)c1.O=C(c1cc2ccccc2s1)N1CCN(c2ncnc3[nH]ccc23)CC12CCCC2. The van der Waals surface area contributed by atoms with Crippen LogP contribution in [0.4, 0.5) is 11.6 Å². The zero-order valence-corrected chi connectivity index (χ0v) is 34.1. The molecular formula is C43H43N11O3S2. The van der Waals surface area contributed by atoms with Crippen LogP contribution in [0, 0.1) is 11.3 Å². The molecule has 0 atom stereocenters. The van der Waals surface area contributed by atoms with Gasteiger partial charge in [-0.05, 0) is 73.0 Å². The third-order valence-corrected chi connectivity index (χ3v) is 15.5. The molecule has 5 aromatic heterocycles. The van der Waals surface area contributed by atoms with Crippen molar-refractivity contribution in [3.05, 3.63) is 108 Å². The summed E-state index contributed by atoms with van der Waals surface area (Å²) in [5, 5.41) is 12.2. The molecule has 2 aliphatic heterocycles. The summed E-state index contributed by atoms with van der Waals surface area (Å²) in [7, 11) is -3.49. The largest absolute Gasteiger partial charge is 0.353 e. The van der Waals surface area contributed by atoms with E-state index in [1.807, 2.05) is 36.7 Å². The van der Waals surface area contributed by atoms with E-state index >= 15 is 0 Å². The fourth-order valence-corrected chi connectivity index (χ4v) is 12.5. The third-order valence-electron chi connectivity index (χ3n) is 12.5. The quantitative estimate of drug-likeness (QED) is 0.190. The highest BCUT2D eigenvalue weighted by Crippen LogP contribution is 2.47. The maximum absolute atomic E-state index is 13.6. The summed E-state index contributed by atoms with van der Waals surface area (Å²) in [6, 6.07) is 23.2. The minimum atomic E-state index is -3.49. The predicted octanol–water partition coefficient (Wildman–Crippen LogP) is 6.46. The van der Waals surface area contributed by atoms with Crippen LogP contribution in [-0.2, 0) is 15.8 Å². The molecule has 2 aromatic carbocycles. The standard InChI is InChI=1S/C23H23N5OS.C20H20N6O2S/c29-22(19-13-16-5-1-2-6-18(16)30-19)28-12-11-27(14-23(28)8-3-4-9-23)21-17-7-10-24-20(17)25-15-26-21;21-11-15-2-1-3-16(10-15)12-29(27,28)26-9-8-25(13-20(26)5-6-20)19-17-4-7-22-18(17)23-14-24-19/h1-2,5-7,10,13,15H,3-4,8-9,11-12,14H2,(H,24,25,26);1-4,7,10,14H,5-6,8-9,12-13H2,(H,22,23,24). The van der Waals surface area contributed by atoms with Gasteiger partial charge in [0.15, 0.2) is 0 Å². The Morgan fingerprint density at radius 1 is 0.763 bits per heavy atom. The van der Waals surface area contributed by atoms with Gasteiger partial charge < -0.3 is 24.7 Å². The summed E-state index contributed by atoms with van der Waals surface area (Å²) in [6.07, 6.45) is 13.1. The predicted molar refractivity (Wildman–Crippen MR) is 229 cm³/mol. The Morgan fingerprint density at radius 3 is 2.08 bits per heavy atom. The maximum Gasteiger partial charge on any atom is 0.264 e. The van der Waals surface area contributed by atoms with Crippen molar-refractivity contribution in [2.45, 2.75) is 55.4 Å². The Hall–Kier alpha value is -5.89. The molecule has 7 aromatic rings. The lowest BCUT2D eigenvalue weighted by atomic mass is 9.91. The molecular weight excluding hydrogens is 783 g/mol. The minimum absolute atomic E-state index is 0.0835. The first-order valence-electron chi connectivity index (χ1n) is 20.1. The third kappa shape index (κ3) is 6.86. The molecule has 0 bridgehead atoms. The Kier molecular flexibility index (Phi) is 9.34. The molecule has 1 amide bonds. The number of piperazine rings is 2. The Balaban J connectivity index is 0.000000143. The first-order chi connectivity index (χ1) is 28.7. The topological polar surface area (TPSA) is 171 Å². The average molecular weight is 826 g/mol. The van der Waals surface area contributed by atoms with Crippen molar-refractivity contribution in [1.29, 1.82) is 5.26 Å². The fraction of sp³-hybridized carbons (Fsp3) is 0.349. The molecule has 2 aliphatic carbocycles. The highest BCUT2D eigenvalue weighted by Gasteiger charge is 2.56. The van der Waals surface area contributed by atoms with E-state index in [0.29, 0.717) is 30.8 Å². The number of aromatic amines is 2. The van der Waals surface area contributed by atoms with Crippen LogP contribution in [0.5, 0.6) is 0 Å². The second-order valence-corrected chi connectivity index (χ2v) is 19.1. The number of sulfonamides is 1. The van der Waals surface area contributed by atoms with Crippen molar-refractivity contribution in [3.63, 3.8) is 0 Å². The normalized spacial score (nSPS) is 18.7. The van der Waals surface area contributed by atoms with Crippen molar-refractivity contribution >= 4 is 71.1 Å². The van der Waals surface area contributed by atoms with Gasteiger partial charge in [-0.3, -0.25) is 4.79 Å². The lowest BCUT2D eigenvalue weighted by Crippen LogP contribution is -2.63. The summed E-state index contributed by atoms with van der Waals surface area (Å²) in [5.74, 6) is 1.93. The van der Waals surface area contributed by atoms with Gasteiger partial charge in [-0.2, -0.15) is 9.57 Å². The molecule has 7 heterocycles. The van der Waals surface area contributed by atoms with Crippen LogP contribution in [0.1, 0.15) is 59.3 Å². The number of rotatable bonds is 6. The number of benzene rings is 2. The number of nitrogens with one attached hydrogen (secondary N) is 2. The van der Waals surface area contributed by atoms with Crippen molar-refractivity contribution < 1.29 is 13.2 Å². The lowest BCUT2D eigenvalue weighted by molar-refractivity contribution is 0.0440. The van der Waals surface area contributed by atoms with Crippen molar-refractivity contribution in [2.24, 2.45) is 0 Å². The van der Waals surface area contributed by atoms with Crippen LogP contribution in [-0.4, -0.2) is 104 Å². The van der Waals surface area contributed by atoms with Crippen molar-refractivity contribution in [2.75, 3.05) is 49.1 Å². The smallest absolute Gasteiger partial charge is 0.264 e. The summed E-state index contributed by atoms with van der Waals surface area (Å²) in [5.41, 5.74) is 2.29. The van der Waals surface area contributed by atoms with Crippen LogP contribution in [0.15, 0.2) is 91.8 Å². The molecule has 300 valence electrons. The van der Waals surface area contributed by atoms with Crippen LogP contribution in [0.2, 0.25) is 0 Å². The van der Waals surface area contributed by atoms with Gasteiger partial charge in [0.2, 0.25) is 10.0 Å². The van der Waals surface area contributed by atoms with E-state index in [2.05, 4.69) is 68.9 Å². The average Bonchev–Trinajstić information content (AvgIpc) is 3.82. The van der Waals surface area contributed by atoms with E-state index < -0.39 is 10.0 Å². The number of amides is 1. The zero-order chi connectivity index (χ0) is 40.2. The van der Waals surface area contributed by atoms with Gasteiger partial charge in [0.25, 0.3) is 5.91 Å². The van der Waals surface area contributed by atoms with Crippen LogP contribution >= 0.6 is 11.3 Å². The Morgan fingerprint density at radius 2 is 1.42 bits per heavy atom. The Bertz CT molecular complexity index is 2820. The number of carbonyl (C=O) groups is 1. The van der Waals surface area contributed by atoms with E-state index in [4.69, 9.17) is 5.26 Å². The van der Waals surface area contributed by atoms with E-state index in [9.17, 15) is 13.2 Å². The monoisotopic (exact) mass is 825 g/mol. The van der Waals surface area contributed by atoms with E-state index in [1.54, 1.807) is 52.6 Å². The number of fused-ring (bicyclic) bond motifs is 3. The first kappa shape index (κ1) is 37.4. The van der Waals surface area contributed by atoms with Gasteiger partial charge in [0.05, 0.1) is 44.1 Å². The van der Waals surface area contributed by atoms with Crippen molar-refractivity contribution in [3.8, 4) is 6.07 Å². The molecule has 2 spiro atoms. The van der Waals surface area contributed by atoms with Gasteiger partial charge in [-0.25, -0.2) is 28.4 Å². The maximum atomic E-state index is 13.6. The number of nitriles is 1. The van der Waals surface area contributed by atoms with Gasteiger partial charge in [-0.15, -0.1) is 11.3 Å². The number of anilines is 2. The number of nitrogens with zero attached hydrogens (tertiary/aromatic N) is 9. The summed E-state index contributed by atoms with van der Waals surface area (Å²) in [6.45, 7) is 3.98.